The molecule has 1 amide bonds. The van der Waals surface area contributed by atoms with Crippen molar-refractivity contribution < 1.29 is 4.79 Å². The van der Waals surface area contributed by atoms with Gasteiger partial charge in [-0.2, -0.15) is 0 Å². The fourth-order valence-corrected chi connectivity index (χ4v) is 3.05. The minimum Gasteiger partial charge on any atom is -0.356 e. The van der Waals surface area contributed by atoms with Gasteiger partial charge in [0.15, 0.2) is 0 Å². The van der Waals surface area contributed by atoms with E-state index in [1.165, 1.54) is 0 Å². The zero-order valence-corrected chi connectivity index (χ0v) is 13.7. The first-order valence-corrected chi connectivity index (χ1v) is 7.95. The Bertz CT molecular complexity index is 673. The lowest BCUT2D eigenvalue weighted by Gasteiger charge is -2.42. The number of piperidine rings is 1. The number of carbonyl (C=O) groups excluding carboxylic acids is 1. The summed E-state index contributed by atoms with van der Waals surface area (Å²) < 4.78 is 0. The summed E-state index contributed by atoms with van der Waals surface area (Å²) in [6, 6.07) is 6.24. The number of amides is 1. The van der Waals surface area contributed by atoms with Crippen LogP contribution in [0.3, 0.4) is 0 Å². The van der Waals surface area contributed by atoms with Crippen LogP contribution in [0.5, 0.6) is 0 Å². The summed E-state index contributed by atoms with van der Waals surface area (Å²) in [6.07, 6.45) is 8.22. The molecule has 0 aromatic heterocycles. The van der Waals surface area contributed by atoms with Gasteiger partial charge in [0, 0.05) is 24.7 Å². The van der Waals surface area contributed by atoms with Gasteiger partial charge in [-0.1, -0.05) is 36.9 Å². The normalized spacial score (nSPS) is 18.9. The van der Waals surface area contributed by atoms with E-state index in [9.17, 15) is 4.79 Å². The molecule has 124 valence electrons. The van der Waals surface area contributed by atoms with E-state index in [4.69, 9.17) is 11.5 Å². The van der Waals surface area contributed by atoms with Crippen LogP contribution in [0, 0.1) is 0 Å². The van der Waals surface area contributed by atoms with Crippen LogP contribution in [0.2, 0.25) is 0 Å². The zero-order valence-electron chi connectivity index (χ0n) is 13.7. The van der Waals surface area contributed by atoms with Crippen LogP contribution in [-0.4, -0.2) is 30.4 Å². The van der Waals surface area contributed by atoms with Gasteiger partial charge in [-0.3, -0.25) is 21.2 Å². The van der Waals surface area contributed by atoms with E-state index in [-0.39, 0.29) is 6.04 Å². The molecule has 1 aliphatic rings. The molecule has 5 nitrogen and oxygen atoms in total. The van der Waals surface area contributed by atoms with Gasteiger partial charge in [0.2, 0.25) is 6.41 Å². The smallest absolute Gasteiger partial charge is 0.207 e. The monoisotopic (exact) mass is 314 g/mol. The van der Waals surface area contributed by atoms with Gasteiger partial charge in [-0.25, -0.2) is 0 Å². The van der Waals surface area contributed by atoms with Crippen molar-refractivity contribution >= 4 is 18.6 Å². The maximum Gasteiger partial charge on any atom is 0.207 e. The van der Waals surface area contributed by atoms with Crippen molar-refractivity contribution in [1.82, 2.24) is 10.2 Å². The second-order valence-electron chi connectivity index (χ2n) is 5.91. The third-order valence-electron chi connectivity index (χ3n) is 4.48. The fraction of sp³-hybridized carbons (Fsp3) is 0.389. The van der Waals surface area contributed by atoms with Crippen molar-refractivity contribution in [3.8, 4) is 0 Å². The lowest BCUT2D eigenvalue weighted by Crippen LogP contribution is -2.63. The number of nitrogens with two attached hydrogens (primary N) is 2. The topological polar surface area (TPSA) is 84.4 Å². The summed E-state index contributed by atoms with van der Waals surface area (Å²) in [6.45, 7) is 7.26. The van der Waals surface area contributed by atoms with Crippen molar-refractivity contribution in [3.63, 3.8) is 0 Å². The number of allylic oxidation sites excluding steroid dienone is 1. The predicted molar refractivity (Wildman–Crippen MR) is 94.3 cm³/mol. The number of benzene rings is 1. The van der Waals surface area contributed by atoms with Crippen molar-refractivity contribution in [3.05, 3.63) is 46.9 Å². The SMILES string of the molecule is C=C/C=c1/cc(C(N)(N)N2CCC(NC=O)CC2)cc/c1=C/C. The molecule has 0 radical (unpaired) electrons. The largest absolute Gasteiger partial charge is 0.356 e. The average Bonchev–Trinajstić information content (AvgIpc) is 2.56. The average molecular weight is 314 g/mol. The van der Waals surface area contributed by atoms with Crippen LogP contribution in [0.25, 0.3) is 12.2 Å². The zero-order chi connectivity index (χ0) is 16.9. The summed E-state index contributed by atoms with van der Waals surface area (Å²) in [5, 5.41) is 5.01. The Morgan fingerprint density at radius 3 is 2.57 bits per heavy atom. The van der Waals surface area contributed by atoms with Gasteiger partial charge >= 0.3 is 0 Å². The Morgan fingerprint density at radius 2 is 2.00 bits per heavy atom. The van der Waals surface area contributed by atoms with Gasteiger partial charge in [0.1, 0.15) is 5.79 Å². The lowest BCUT2D eigenvalue weighted by atomic mass is 9.99. The van der Waals surface area contributed by atoms with Gasteiger partial charge in [0.25, 0.3) is 0 Å². The molecule has 0 atom stereocenters. The molecule has 1 aromatic carbocycles. The number of carbonyl (C=O) groups is 1. The first kappa shape index (κ1) is 17.4. The van der Waals surface area contributed by atoms with Crippen molar-refractivity contribution in [2.75, 3.05) is 13.1 Å². The van der Waals surface area contributed by atoms with Gasteiger partial charge in [-0.05, 0) is 36.3 Å². The molecule has 23 heavy (non-hydrogen) atoms. The van der Waals surface area contributed by atoms with E-state index in [0.717, 1.165) is 48.3 Å². The second-order valence-corrected chi connectivity index (χ2v) is 5.91. The fourth-order valence-electron chi connectivity index (χ4n) is 3.05. The quantitative estimate of drug-likeness (QED) is 0.514. The highest BCUT2D eigenvalue weighted by Gasteiger charge is 2.33. The summed E-state index contributed by atoms with van der Waals surface area (Å²) in [4.78, 5) is 12.6. The molecule has 2 rings (SSSR count). The molecule has 5 N–H and O–H groups in total. The molecule has 1 aliphatic heterocycles. The molecule has 1 fully saturated rings. The van der Waals surface area contributed by atoms with Gasteiger partial charge in [-0.15, -0.1) is 0 Å². The molecular formula is C18H26N4O. The third kappa shape index (κ3) is 3.88. The van der Waals surface area contributed by atoms with E-state index in [1.54, 1.807) is 6.08 Å². The van der Waals surface area contributed by atoms with E-state index in [2.05, 4.69) is 16.8 Å². The third-order valence-corrected chi connectivity index (χ3v) is 4.48. The maximum absolute atomic E-state index is 10.5. The van der Waals surface area contributed by atoms with Crippen LogP contribution < -0.4 is 27.2 Å². The molecular weight excluding hydrogens is 288 g/mol. The van der Waals surface area contributed by atoms with Crippen LogP contribution in [0.15, 0.2) is 30.9 Å². The van der Waals surface area contributed by atoms with E-state index in [1.807, 2.05) is 37.3 Å². The first-order valence-electron chi connectivity index (χ1n) is 7.95. The number of rotatable bonds is 5. The predicted octanol–water partition coefficient (Wildman–Crippen LogP) is -0.308. The van der Waals surface area contributed by atoms with Crippen LogP contribution in [-0.2, 0) is 10.6 Å². The highest BCUT2D eigenvalue weighted by molar-refractivity contribution is 5.46. The molecule has 0 spiro atoms. The maximum atomic E-state index is 10.5. The van der Waals surface area contributed by atoms with E-state index < -0.39 is 5.79 Å². The molecule has 0 bridgehead atoms. The highest BCUT2D eigenvalue weighted by Crippen LogP contribution is 2.21. The summed E-state index contributed by atoms with van der Waals surface area (Å²) in [5.41, 5.74) is 13.8. The minimum atomic E-state index is -1.03. The van der Waals surface area contributed by atoms with Crippen molar-refractivity contribution in [1.29, 1.82) is 0 Å². The number of hydrogen-bond acceptors (Lipinski definition) is 4. The van der Waals surface area contributed by atoms with Crippen LogP contribution in [0.4, 0.5) is 0 Å². The molecule has 0 aliphatic carbocycles. The molecule has 0 saturated carbocycles. The second kappa shape index (κ2) is 7.55. The van der Waals surface area contributed by atoms with Crippen molar-refractivity contribution in [2.24, 2.45) is 11.5 Å². The van der Waals surface area contributed by atoms with E-state index >= 15 is 0 Å². The van der Waals surface area contributed by atoms with Gasteiger partial charge in [0.05, 0.1) is 0 Å². The summed E-state index contributed by atoms with van der Waals surface area (Å²) >= 11 is 0. The Hall–Kier alpha value is -1.95. The number of likely N-dealkylation sites (tertiary alicyclic amines) is 1. The standard InChI is InChI=1S/C18H26N4O/c1-3-5-15-12-16(7-6-14(15)4-2)18(19,20)22-10-8-17(9-11-22)21-13-23/h3-7,12-13,17H,1,8-11,19-20H2,2H3,(H,21,23)/b14-4-,15-5-. The molecule has 0 unspecified atom stereocenters. The molecule has 5 heteroatoms. The number of nitrogens with one attached hydrogen (secondary N) is 1. The van der Waals surface area contributed by atoms with Crippen LogP contribution in [0.1, 0.15) is 25.3 Å². The molecule has 1 heterocycles. The van der Waals surface area contributed by atoms with Crippen molar-refractivity contribution in [2.45, 2.75) is 31.6 Å². The minimum absolute atomic E-state index is 0.210. The van der Waals surface area contributed by atoms with E-state index in [0.29, 0.717) is 0 Å². The van der Waals surface area contributed by atoms with Gasteiger partial charge < -0.3 is 5.32 Å². The Kier molecular flexibility index (Phi) is 5.71. The molecule has 1 saturated heterocycles. The summed E-state index contributed by atoms with van der Waals surface area (Å²) in [5.74, 6) is -1.03. The number of hydrogen-bond donors (Lipinski definition) is 3. The lowest BCUT2D eigenvalue weighted by molar-refractivity contribution is -0.110. The number of nitrogens with zero attached hydrogens (tertiary/aromatic N) is 1. The van der Waals surface area contributed by atoms with Crippen LogP contribution >= 0.6 is 0 Å². The Labute approximate surface area is 137 Å². The first-order chi connectivity index (χ1) is 11.0. The highest BCUT2D eigenvalue weighted by atomic mass is 16.1. The Morgan fingerprint density at radius 1 is 1.30 bits per heavy atom. The summed E-state index contributed by atoms with van der Waals surface area (Å²) in [7, 11) is 0. The Balaban J connectivity index is 2.26. The molecule has 1 aromatic rings.